The maximum absolute atomic E-state index is 10.9. The fourth-order valence-corrected chi connectivity index (χ4v) is 5.76. The number of rotatable bonds is 14. The second-order valence-electron chi connectivity index (χ2n) is 12.1. The zero-order valence-electron chi connectivity index (χ0n) is 24.9. The third-order valence-electron chi connectivity index (χ3n) is 8.03. The molecule has 0 spiro atoms. The van der Waals surface area contributed by atoms with Crippen molar-refractivity contribution in [3.05, 3.63) is 71.5 Å². The maximum Gasteiger partial charge on any atom is 0.122 e. The van der Waals surface area contributed by atoms with Crippen molar-refractivity contribution in [3.63, 3.8) is 0 Å². The summed E-state index contributed by atoms with van der Waals surface area (Å²) >= 11 is 0. The van der Waals surface area contributed by atoms with Crippen LogP contribution in [0.25, 0.3) is 33.3 Å². The van der Waals surface area contributed by atoms with Crippen LogP contribution in [0.2, 0.25) is 0 Å². The molecule has 4 aromatic rings. The molecule has 3 N–H and O–H groups in total. The lowest BCUT2D eigenvalue weighted by atomic mass is 9.84. The molecule has 41 heavy (non-hydrogen) atoms. The van der Waals surface area contributed by atoms with Crippen molar-refractivity contribution in [2.24, 2.45) is 11.3 Å². The van der Waals surface area contributed by atoms with Crippen molar-refractivity contribution in [1.29, 1.82) is 0 Å². The summed E-state index contributed by atoms with van der Waals surface area (Å²) in [4.78, 5) is 15.3. The summed E-state index contributed by atoms with van der Waals surface area (Å²) < 4.78 is 2.28. The van der Waals surface area contributed by atoms with Crippen LogP contribution in [-0.4, -0.2) is 37.8 Å². The molecular weight excluding hydrogens is 512 g/mol. The number of carbonyl (C=O) groups excluding carboxylic acids is 1. The molecule has 2 aromatic carbocycles. The minimum atomic E-state index is -0.346. The van der Waals surface area contributed by atoms with Crippen LogP contribution in [0.3, 0.4) is 0 Å². The van der Waals surface area contributed by atoms with E-state index in [1.807, 2.05) is 31.2 Å². The van der Waals surface area contributed by atoms with Crippen molar-refractivity contribution < 1.29 is 20.1 Å². The number of pyridine rings is 1. The Morgan fingerprint density at radius 1 is 1.02 bits per heavy atom. The van der Waals surface area contributed by atoms with Gasteiger partial charge < -0.3 is 24.7 Å². The highest BCUT2D eigenvalue weighted by Gasteiger charge is 2.26. The number of aliphatic hydroxyl groups excluding tert-OH is 2. The zero-order chi connectivity index (χ0) is 29.6. The zero-order valence-corrected chi connectivity index (χ0v) is 24.9. The summed E-state index contributed by atoms with van der Waals surface area (Å²) in [7, 11) is 0. The van der Waals surface area contributed by atoms with Gasteiger partial charge in [0.2, 0.25) is 0 Å². The Labute approximate surface area is 243 Å². The average Bonchev–Trinajstić information content (AvgIpc) is 3.28. The van der Waals surface area contributed by atoms with E-state index in [4.69, 9.17) is 0 Å². The van der Waals surface area contributed by atoms with Gasteiger partial charge in [-0.2, -0.15) is 0 Å². The molecule has 0 radical (unpaired) electrons. The highest BCUT2D eigenvalue weighted by atomic mass is 16.3. The van der Waals surface area contributed by atoms with E-state index in [1.54, 1.807) is 6.20 Å². The monoisotopic (exact) mass is 556 g/mol. The second kappa shape index (κ2) is 13.5. The van der Waals surface area contributed by atoms with Crippen LogP contribution in [0.1, 0.15) is 70.2 Å². The van der Waals surface area contributed by atoms with E-state index < -0.39 is 0 Å². The van der Waals surface area contributed by atoms with Gasteiger partial charge in [0.25, 0.3) is 0 Å². The van der Waals surface area contributed by atoms with E-state index in [0.717, 1.165) is 89.3 Å². The van der Waals surface area contributed by atoms with E-state index in [-0.39, 0.29) is 30.3 Å². The number of unbranched alkanes of at least 4 members (excludes halogenated alkanes) is 2. The van der Waals surface area contributed by atoms with Crippen LogP contribution in [0.15, 0.2) is 54.7 Å². The molecule has 0 saturated carbocycles. The van der Waals surface area contributed by atoms with Crippen LogP contribution in [0, 0.1) is 11.3 Å². The number of aliphatic hydroxyl groups is 2. The Morgan fingerprint density at radius 3 is 2.54 bits per heavy atom. The molecule has 0 saturated heterocycles. The van der Waals surface area contributed by atoms with Crippen molar-refractivity contribution >= 4 is 17.2 Å². The van der Waals surface area contributed by atoms with Gasteiger partial charge in [-0.3, -0.25) is 4.98 Å². The SMILES string of the molecule is CCn1c(-c2cccnc2CO)c(CC(C)(C)CO)c2cc(-c3cc(O)cc(CCCCCC(C)C=O)c3)ccc21. The molecule has 0 bridgehead atoms. The molecule has 0 aliphatic rings. The molecule has 4 rings (SSSR count). The molecule has 0 fully saturated rings. The summed E-state index contributed by atoms with van der Waals surface area (Å²) in [5.41, 5.74) is 7.51. The number of aromatic nitrogens is 2. The molecule has 0 aliphatic heterocycles. The lowest BCUT2D eigenvalue weighted by Gasteiger charge is -2.23. The molecule has 2 aromatic heterocycles. The fourth-order valence-electron chi connectivity index (χ4n) is 5.76. The summed E-state index contributed by atoms with van der Waals surface area (Å²) in [6.07, 6.45) is 8.26. The Hall–Kier alpha value is -3.48. The van der Waals surface area contributed by atoms with Gasteiger partial charge in [0, 0.05) is 41.7 Å². The predicted molar refractivity (Wildman–Crippen MR) is 166 cm³/mol. The number of aromatic hydroxyl groups is 1. The van der Waals surface area contributed by atoms with Gasteiger partial charge >= 0.3 is 0 Å². The van der Waals surface area contributed by atoms with Gasteiger partial charge in [0.15, 0.2) is 0 Å². The number of fused-ring (bicyclic) bond motifs is 1. The second-order valence-corrected chi connectivity index (χ2v) is 12.1. The predicted octanol–water partition coefficient (Wildman–Crippen LogP) is 7.09. The molecule has 1 unspecified atom stereocenters. The number of aryl methyl sites for hydroxylation is 2. The molecule has 0 aliphatic carbocycles. The first-order valence-electron chi connectivity index (χ1n) is 14.8. The van der Waals surface area contributed by atoms with E-state index >= 15 is 0 Å². The quantitative estimate of drug-likeness (QED) is 0.114. The van der Waals surface area contributed by atoms with Gasteiger partial charge in [-0.15, -0.1) is 0 Å². The Balaban J connectivity index is 1.78. The number of benzene rings is 2. The normalized spacial score (nSPS) is 12.6. The van der Waals surface area contributed by atoms with Crippen molar-refractivity contribution in [3.8, 4) is 28.1 Å². The van der Waals surface area contributed by atoms with Gasteiger partial charge in [0.05, 0.1) is 18.0 Å². The Morgan fingerprint density at radius 2 is 1.83 bits per heavy atom. The number of aldehydes is 1. The van der Waals surface area contributed by atoms with Gasteiger partial charge in [0.1, 0.15) is 12.0 Å². The summed E-state index contributed by atoms with van der Waals surface area (Å²) in [5.74, 6) is 0.366. The number of hydrogen-bond donors (Lipinski definition) is 3. The highest BCUT2D eigenvalue weighted by Crippen LogP contribution is 2.40. The maximum atomic E-state index is 10.9. The summed E-state index contributed by atoms with van der Waals surface area (Å²) in [6.45, 7) is 8.84. The molecule has 6 nitrogen and oxygen atoms in total. The standard InChI is InChI=1S/C35H44N2O4/c1-5-37-33-14-13-26(27-16-25(17-28(41)18-27)11-8-6-7-10-24(2)21-38)19-30(33)31(20-35(3,4)23-40)34(37)29-12-9-15-36-32(29)22-39/h9,12-19,21,24,39-41H,5-8,10-11,20,22-23H2,1-4H3. The van der Waals surface area contributed by atoms with Crippen LogP contribution in [0.5, 0.6) is 5.75 Å². The smallest absolute Gasteiger partial charge is 0.122 e. The van der Waals surface area contributed by atoms with E-state index in [9.17, 15) is 20.1 Å². The van der Waals surface area contributed by atoms with Gasteiger partial charge in [-0.25, -0.2) is 0 Å². The van der Waals surface area contributed by atoms with E-state index in [2.05, 4.69) is 54.6 Å². The molecular formula is C35H44N2O4. The topological polar surface area (TPSA) is 95.6 Å². The van der Waals surface area contributed by atoms with Crippen LogP contribution >= 0.6 is 0 Å². The summed E-state index contributed by atoms with van der Waals surface area (Å²) in [5, 5.41) is 32.0. The number of hydrogen-bond acceptors (Lipinski definition) is 5. The van der Waals surface area contributed by atoms with Crippen molar-refractivity contribution in [1.82, 2.24) is 9.55 Å². The minimum Gasteiger partial charge on any atom is -0.508 e. The van der Waals surface area contributed by atoms with Crippen LogP contribution < -0.4 is 0 Å². The molecule has 6 heteroatoms. The van der Waals surface area contributed by atoms with Crippen molar-refractivity contribution in [2.75, 3.05) is 6.61 Å². The average molecular weight is 557 g/mol. The molecule has 1 atom stereocenters. The fraction of sp³-hybridized carbons (Fsp3) is 0.429. The number of phenols is 1. The number of carbonyl (C=O) groups is 1. The van der Waals surface area contributed by atoms with Crippen LogP contribution in [0.4, 0.5) is 0 Å². The largest absolute Gasteiger partial charge is 0.508 e. The van der Waals surface area contributed by atoms with Crippen molar-refractivity contribution in [2.45, 2.75) is 79.4 Å². The third-order valence-corrected chi connectivity index (χ3v) is 8.03. The molecule has 0 amide bonds. The first kappa shape index (κ1) is 30.5. The number of phenolic OH excluding ortho intramolecular Hbond substituents is 1. The first-order chi connectivity index (χ1) is 19.7. The lowest BCUT2D eigenvalue weighted by Crippen LogP contribution is -2.20. The molecule has 2 heterocycles. The van der Waals surface area contributed by atoms with Crippen LogP contribution in [-0.2, 0) is 30.8 Å². The lowest BCUT2D eigenvalue weighted by molar-refractivity contribution is -0.110. The number of nitrogens with zero attached hydrogens (tertiary/aromatic N) is 2. The van der Waals surface area contributed by atoms with Gasteiger partial charge in [-0.1, -0.05) is 45.7 Å². The molecule has 218 valence electrons. The highest BCUT2D eigenvalue weighted by molar-refractivity contribution is 5.95. The third kappa shape index (κ3) is 7.06. The van der Waals surface area contributed by atoms with Gasteiger partial charge in [-0.05, 0) is 96.7 Å². The summed E-state index contributed by atoms with van der Waals surface area (Å²) in [6, 6.07) is 16.2. The van der Waals surface area contributed by atoms with E-state index in [1.165, 1.54) is 0 Å². The Kier molecular flexibility index (Phi) is 10.0. The Bertz CT molecular complexity index is 1490. The first-order valence-corrected chi connectivity index (χ1v) is 14.8. The minimum absolute atomic E-state index is 0.0504. The van der Waals surface area contributed by atoms with E-state index in [0.29, 0.717) is 12.1 Å².